The number of carbonyl (C=O) groups is 2. The highest BCUT2D eigenvalue weighted by Gasteiger charge is 2.56. The van der Waals surface area contributed by atoms with E-state index < -0.39 is 4.92 Å². The van der Waals surface area contributed by atoms with Gasteiger partial charge in [-0.05, 0) is 30.7 Å². The Hall–Kier alpha value is -3.03. The minimum Gasteiger partial charge on any atom is -0.507 e. The minimum absolute atomic E-state index is 0.0675. The number of nitro groups is 1. The van der Waals surface area contributed by atoms with Gasteiger partial charge in [-0.25, -0.2) is 0 Å². The van der Waals surface area contributed by atoms with Gasteiger partial charge in [0.15, 0.2) is 0 Å². The second-order valence-electron chi connectivity index (χ2n) is 6.57. The summed E-state index contributed by atoms with van der Waals surface area (Å²) >= 11 is 0. The predicted molar refractivity (Wildman–Crippen MR) is 86.5 cm³/mol. The second kappa shape index (κ2) is 5.51. The SMILES string of the molecule is O=C1[C@@H]2[C@@H](C(=O)N1/N=C/c1cc([N+](=O)[O-])ccc1O)[C@H]1C=C[C@@H]2CC1. The maximum Gasteiger partial charge on any atom is 0.270 e. The third kappa shape index (κ3) is 2.33. The van der Waals surface area contributed by atoms with Crippen molar-refractivity contribution in [2.24, 2.45) is 28.8 Å². The molecule has 1 saturated heterocycles. The Morgan fingerprint density at radius 3 is 2.28 bits per heavy atom. The Morgan fingerprint density at radius 1 is 1.16 bits per heavy atom. The van der Waals surface area contributed by atoms with Crippen molar-refractivity contribution in [1.29, 1.82) is 0 Å². The molecule has 0 spiro atoms. The molecule has 0 radical (unpaired) electrons. The van der Waals surface area contributed by atoms with Crippen LogP contribution in [0.3, 0.4) is 0 Å². The number of amides is 2. The average molecular weight is 341 g/mol. The fourth-order valence-electron chi connectivity index (χ4n) is 4.05. The van der Waals surface area contributed by atoms with Gasteiger partial charge in [0, 0.05) is 17.7 Å². The summed E-state index contributed by atoms with van der Waals surface area (Å²) in [4.78, 5) is 35.5. The minimum atomic E-state index is -0.596. The zero-order valence-electron chi connectivity index (χ0n) is 13.1. The number of benzene rings is 1. The molecule has 25 heavy (non-hydrogen) atoms. The number of hydrazone groups is 1. The van der Waals surface area contributed by atoms with Crippen LogP contribution >= 0.6 is 0 Å². The van der Waals surface area contributed by atoms with E-state index in [1.807, 2.05) is 12.2 Å². The lowest BCUT2D eigenvalue weighted by Gasteiger charge is -2.37. The van der Waals surface area contributed by atoms with E-state index >= 15 is 0 Å². The molecule has 5 rings (SSSR count). The first kappa shape index (κ1) is 15.5. The fraction of sp³-hybridized carbons (Fsp3) is 0.353. The highest BCUT2D eigenvalue weighted by Crippen LogP contribution is 2.49. The highest BCUT2D eigenvalue weighted by atomic mass is 16.6. The van der Waals surface area contributed by atoms with E-state index in [-0.39, 0.29) is 52.5 Å². The molecule has 8 heteroatoms. The van der Waals surface area contributed by atoms with Crippen LogP contribution in [-0.4, -0.2) is 33.1 Å². The fourth-order valence-corrected chi connectivity index (χ4v) is 4.05. The number of nitro benzene ring substituents is 1. The van der Waals surface area contributed by atoms with Crippen molar-refractivity contribution in [3.05, 3.63) is 46.0 Å². The van der Waals surface area contributed by atoms with Crippen molar-refractivity contribution in [2.75, 3.05) is 0 Å². The molecule has 0 aromatic heterocycles. The van der Waals surface area contributed by atoms with Crippen molar-refractivity contribution in [3.63, 3.8) is 0 Å². The maximum atomic E-state index is 12.6. The van der Waals surface area contributed by atoms with Crippen molar-refractivity contribution in [1.82, 2.24) is 5.01 Å². The van der Waals surface area contributed by atoms with Crippen LogP contribution in [0.25, 0.3) is 0 Å². The molecule has 2 fully saturated rings. The van der Waals surface area contributed by atoms with Crippen molar-refractivity contribution in [3.8, 4) is 5.75 Å². The molecule has 1 saturated carbocycles. The Bertz CT molecular complexity index is 815. The summed E-state index contributed by atoms with van der Waals surface area (Å²) in [6.07, 6.45) is 6.93. The summed E-state index contributed by atoms with van der Waals surface area (Å²) in [5, 5.41) is 25.4. The largest absolute Gasteiger partial charge is 0.507 e. The van der Waals surface area contributed by atoms with E-state index in [1.54, 1.807) is 0 Å². The highest BCUT2D eigenvalue weighted by molar-refractivity contribution is 6.06. The summed E-state index contributed by atoms with van der Waals surface area (Å²) in [6.45, 7) is 0. The number of carbonyl (C=O) groups excluding carboxylic acids is 2. The van der Waals surface area contributed by atoms with Crippen LogP contribution in [0.5, 0.6) is 5.75 Å². The lowest BCUT2D eigenvalue weighted by Crippen LogP contribution is -2.38. The Balaban J connectivity index is 1.63. The van der Waals surface area contributed by atoms with Gasteiger partial charge in [-0.3, -0.25) is 19.7 Å². The van der Waals surface area contributed by atoms with Gasteiger partial charge in [0.2, 0.25) is 0 Å². The number of hydrogen-bond donors (Lipinski definition) is 1. The molecule has 1 N–H and O–H groups in total. The summed E-state index contributed by atoms with van der Waals surface area (Å²) in [7, 11) is 0. The molecule has 1 heterocycles. The van der Waals surface area contributed by atoms with Gasteiger partial charge >= 0.3 is 0 Å². The number of rotatable bonds is 3. The van der Waals surface area contributed by atoms with E-state index in [0.717, 1.165) is 36.2 Å². The lowest BCUT2D eigenvalue weighted by molar-refractivity contribution is -0.384. The third-order valence-electron chi connectivity index (χ3n) is 5.27. The Kier molecular flexibility index (Phi) is 3.41. The average Bonchev–Trinajstić information content (AvgIpc) is 2.88. The first-order valence-electron chi connectivity index (χ1n) is 8.05. The molecule has 1 aromatic carbocycles. The number of phenols is 1. The molecule has 1 aliphatic heterocycles. The first-order valence-corrected chi connectivity index (χ1v) is 8.05. The number of imide groups is 1. The van der Waals surface area contributed by atoms with Crippen LogP contribution < -0.4 is 0 Å². The Labute approximate surface area is 142 Å². The molecular formula is C17H15N3O5. The molecule has 4 atom stereocenters. The maximum absolute atomic E-state index is 12.6. The van der Waals surface area contributed by atoms with Gasteiger partial charge in [-0.15, -0.1) is 0 Å². The van der Waals surface area contributed by atoms with Crippen LogP contribution in [0, 0.1) is 33.8 Å². The summed E-state index contributed by atoms with van der Waals surface area (Å²) < 4.78 is 0. The van der Waals surface area contributed by atoms with Crippen molar-refractivity contribution in [2.45, 2.75) is 12.8 Å². The van der Waals surface area contributed by atoms with E-state index in [4.69, 9.17) is 0 Å². The van der Waals surface area contributed by atoms with Gasteiger partial charge in [-0.1, -0.05) is 12.2 Å². The van der Waals surface area contributed by atoms with Crippen molar-refractivity contribution < 1.29 is 19.6 Å². The molecule has 3 aliphatic carbocycles. The van der Waals surface area contributed by atoms with Crippen LogP contribution in [0.2, 0.25) is 0 Å². The van der Waals surface area contributed by atoms with E-state index in [2.05, 4.69) is 5.10 Å². The van der Waals surface area contributed by atoms with Gasteiger partial charge in [0.25, 0.3) is 17.5 Å². The molecule has 128 valence electrons. The third-order valence-corrected chi connectivity index (χ3v) is 5.27. The lowest BCUT2D eigenvalue weighted by atomic mass is 9.63. The molecule has 2 amide bonds. The van der Waals surface area contributed by atoms with Crippen LogP contribution in [-0.2, 0) is 9.59 Å². The Morgan fingerprint density at radius 2 is 1.76 bits per heavy atom. The summed E-state index contributed by atoms with van der Waals surface area (Å²) in [5.74, 6) is -1.49. The second-order valence-corrected chi connectivity index (χ2v) is 6.57. The molecule has 1 aromatic rings. The standard InChI is InChI=1S/C17H15N3O5/c21-13-6-5-12(20(24)25)7-11(13)8-18-19-16(22)14-9-1-2-10(4-3-9)15(14)17(19)23/h1-2,5-10,14-15,21H,3-4H2/b18-8+/t9-,10+,14-,15-/m0/s1. The van der Waals surface area contributed by atoms with E-state index in [9.17, 15) is 24.8 Å². The molecular weight excluding hydrogens is 326 g/mol. The van der Waals surface area contributed by atoms with Gasteiger partial charge < -0.3 is 5.11 Å². The number of fused-ring (bicyclic) bond motifs is 1. The molecule has 8 nitrogen and oxygen atoms in total. The number of nitrogens with zero attached hydrogens (tertiary/aromatic N) is 3. The number of allylic oxidation sites excluding steroid dienone is 2. The predicted octanol–water partition coefficient (Wildman–Crippen LogP) is 1.83. The topological polar surface area (TPSA) is 113 Å². The molecule has 0 unspecified atom stereocenters. The quantitative estimate of drug-likeness (QED) is 0.296. The number of non-ortho nitro benzene ring substituents is 1. The summed E-state index contributed by atoms with van der Waals surface area (Å²) in [6, 6.07) is 3.48. The zero-order valence-corrected chi connectivity index (χ0v) is 13.1. The van der Waals surface area contributed by atoms with Crippen LogP contribution in [0.1, 0.15) is 18.4 Å². The number of aromatic hydroxyl groups is 1. The van der Waals surface area contributed by atoms with Gasteiger partial charge in [0.05, 0.1) is 23.0 Å². The van der Waals surface area contributed by atoms with Crippen molar-refractivity contribution >= 4 is 23.7 Å². The summed E-state index contributed by atoms with van der Waals surface area (Å²) in [5.41, 5.74) is -0.139. The molecule has 2 bridgehead atoms. The van der Waals surface area contributed by atoms with Gasteiger partial charge in [-0.2, -0.15) is 10.1 Å². The molecule has 4 aliphatic rings. The normalized spacial score (nSPS) is 30.3. The smallest absolute Gasteiger partial charge is 0.270 e. The number of phenolic OH excluding ortho intramolecular Hbond substituents is 1. The van der Waals surface area contributed by atoms with E-state index in [0.29, 0.717) is 0 Å². The van der Waals surface area contributed by atoms with Crippen LogP contribution in [0.4, 0.5) is 5.69 Å². The van der Waals surface area contributed by atoms with Gasteiger partial charge in [0.1, 0.15) is 5.75 Å². The van der Waals surface area contributed by atoms with E-state index in [1.165, 1.54) is 6.07 Å². The first-order chi connectivity index (χ1) is 12.0. The number of hydrogen-bond acceptors (Lipinski definition) is 6. The zero-order chi connectivity index (χ0) is 17.7. The van der Waals surface area contributed by atoms with Crippen LogP contribution in [0.15, 0.2) is 35.5 Å². The monoisotopic (exact) mass is 341 g/mol.